The Hall–Kier alpha value is -1.04. The molecule has 0 aliphatic carbocycles. The first kappa shape index (κ1) is 41.1. The van der Waals surface area contributed by atoms with E-state index in [1.54, 1.807) is 0 Å². The lowest BCUT2D eigenvalue weighted by atomic mass is 10.1. The van der Waals surface area contributed by atoms with E-state index in [1.807, 2.05) is 48.5 Å². The summed E-state index contributed by atoms with van der Waals surface area (Å²) >= 11 is 13.1. The van der Waals surface area contributed by atoms with Crippen LogP contribution in [-0.2, 0) is 13.6 Å². The minimum atomic E-state index is -2.50. The molecule has 0 fully saturated rings. The van der Waals surface area contributed by atoms with E-state index in [0.29, 0.717) is 10.0 Å². The van der Waals surface area contributed by atoms with Crippen molar-refractivity contribution in [1.82, 2.24) is 10.6 Å². The summed E-state index contributed by atoms with van der Waals surface area (Å²) in [6.07, 6.45) is 24.1. The van der Waals surface area contributed by atoms with Gasteiger partial charge < -0.3 is 0 Å². The summed E-state index contributed by atoms with van der Waals surface area (Å²) in [5.74, 6) is 0. The van der Waals surface area contributed by atoms with Gasteiger partial charge in [-0.05, 0) is 38.1 Å². The maximum absolute atomic E-state index is 13.4. The van der Waals surface area contributed by atoms with Crippen LogP contribution in [0.25, 0.3) is 0 Å². The molecule has 0 saturated carbocycles. The van der Waals surface area contributed by atoms with Crippen molar-refractivity contribution in [1.29, 1.82) is 0 Å². The zero-order valence-corrected chi connectivity index (χ0v) is 31.2. The van der Waals surface area contributed by atoms with Crippen LogP contribution in [0.1, 0.15) is 166 Å². The van der Waals surface area contributed by atoms with Crippen LogP contribution in [0.5, 0.6) is 0 Å². The summed E-state index contributed by atoms with van der Waals surface area (Å²) in [5.41, 5.74) is 1.49. The van der Waals surface area contributed by atoms with Gasteiger partial charge in [-0.2, -0.15) is 0 Å². The molecule has 0 saturated heterocycles. The Morgan fingerprint density at radius 3 is 1.15 bits per heavy atom. The predicted octanol–water partition coefficient (Wildman–Crippen LogP) is 13.4. The molecule has 0 aromatic heterocycles. The Morgan fingerprint density at radius 2 is 0.826 bits per heavy atom. The molecule has 8 heteroatoms. The third-order valence-corrected chi connectivity index (χ3v) is 9.93. The summed E-state index contributed by atoms with van der Waals surface area (Å²) in [6.45, 7) is 5.99. The molecule has 260 valence electrons. The van der Waals surface area contributed by atoms with Crippen LogP contribution in [0.2, 0.25) is 10.0 Å². The number of benzene rings is 2. The predicted molar refractivity (Wildman–Crippen MR) is 198 cm³/mol. The highest BCUT2D eigenvalue weighted by atomic mass is 35.5. The highest BCUT2D eigenvalue weighted by Gasteiger charge is 2.34. The second kappa shape index (κ2) is 27.9. The van der Waals surface area contributed by atoms with Crippen molar-refractivity contribution in [3.63, 3.8) is 0 Å². The summed E-state index contributed by atoms with van der Waals surface area (Å²) in [4.78, 5) is 0. The summed E-state index contributed by atoms with van der Waals surface area (Å²) in [5, 5.41) is 7.99. The number of unbranched alkanes of at least 4 members (excludes halogenated alkanes) is 18. The first-order chi connectivity index (χ1) is 22.6. The summed E-state index contributed by atoms with van der Waals surface area (Å²) in [7, 11) is -2.50. The lowest BCUT2D eigenvalue weighted by Gasteiger charge is -2.17. The fourth-order valence-electron chi connectivity index (χ4n) is 5.67. The monoisotopic (exact) mass is 695 g/mol. The van der Waals surface area contributed by atoms with E-state index < -0.39 is 20.7 Å². The van der Waals surface area contributed by atoms with Crippen LogP contribution in [0, 0.1) is 0 Å². The van der Waals surface area contributed by atoms with Crippen LogP contribution >= 0.6 is 31.5 Å². The molecule has 0 aliphatic rings. The van der Waals surface area contributed by atoms with Crippen molar-refractivity contribution in [2.45, 2.75) is 155 Å². The zero-order chi connectivity index (χ0) is 33.1. The van der Waals surface area contributed by atoms with Gasteiger partial charge in [-0.15, -0.1) is 0 Å². The van der Waals surface area contributed by atoms with Gasteiger partial charge in [-0.25, -0.2) is 0 Å². The maximum Gasteiger partial charge on any atom is 0.701 e. The number of rotatable bonds is 30. The molecule has 0 spiro atoms. The van der Waals surface area contributed by atoms with Crippen molar-refractivity contribution in [2.24, 2.45) is 0 Å². The Kier molecular flexibility index (Phi) is 24.9. The fourth-order valence-corrected chi connectivity index (χ4v) is 6.91. The fraction of sp³-hybridized carbons (Fsp3) is 0.684. The SMILES string of the molecule is CCCCCCCCCCCCNC(O[P+](=O)OC(NCCCCCCCCCCCC)c1ccccc1Cl)c1ccccc1Cl. The lowest BCUT2D eigenvalue weighted by Crippen LogP contribution is -2.26. The summed E-state index contributed by atoms with van der Waals surface area (Å²) < 4.78 is 25.4. The van der Waals surface area contributed by atoms with E-state index in [9.17, 15) is 4.57 Å². The molecule has 0 heterocycles. The van der Waals surface area contributed by atoms with Gasteiger partial charge in [-0.1, -0.05) is 198 Å². The van der Waals surface area contributed by atoms with Crippen molar-refractivity contribution >= 4 is 31.5 Å². The first-order valence-electron chi connectivity index (χ1n) is 18.3. The van der Waals surface area contributed by atoms with Gasteiger partial charge in [0.1, 0.15) is 0 Å². The average Bonchev–Trinajstić information content (AvgIpc) is 3.05. The second-order valence-corrected chi connectivity index (χ2v) is 14.2. The number of nitrogens with one attached hydrogen (secondary N) is 2. The number of hydrogen-bond donors (Lipinski definition) is 2. The average molecular weight is 697 g/mol. The van der Waals surface area contributed by atoms with Crippen molar-refractivity contribution in [2.75, 3.05) is 13.1 Å². The molecule has 2 N–H and O–H groups in total. The van der Waals surface area contributed by atoms with Crippen molar-refractivity contribution in [3.8, 4) is 0 Å². The highest BCUT2D eigenvalue weighted by Crippen LogP contribution is 2.39. The van der Waals surface area contributed by atoms with Gasteiger partial charge in [0.15, 0.2) is 12.5 Å². The molecule has 2 aromatic rings. The van der Waals surface area contributed by atoms with Crippen LogP contribution in [0.4, 0.5) is 0 Å². The molecule has 2 atom stereocenters. The van der Waals surface area contributed by atoms with Crippen LogP contribution in [0.15, 0.2) is 48.5 Å². The molecule has 2 unspecified atom stereocenters. The van der Waals surface area contributed by atoms with Crippen molar-refractivity contribution in [3.05, 3.63) is 69.7 Å². The quantitative estimate of drug-likeness (QED) is 0.0484. The first-order valence-corrected chi connectivity index (χ1v) is 20.2. The summed E-state index contributed by atoms with van der Waals surface area (Å²) in [6, 6.07) is 15.0. The molecule has 5 nitrogen and oxygen atoms in total. The Morgan fingerprint density at radius 1 is 0.522 bits per heavy atom. The van der Waals surface area contributed by atoms with E-state index in [0.717, 1.165) is 49.9 Å². The Bertz CT molecular complexity index is 965. The minimum Gasteiger partial charge on any atom is -0.284 e. The normalized spacial score (nSPS) is 13.2. The van der Waals surface area contributed by atoms with Gasteiger partial charge >= 0.3 is 8.25 Å². The zero-order valence-electron chi connectivity index (χ0n) is 28.8. The van der Waals surface area contributed by atoms with E-state index in [2.05, 4.69) is 24.5 Å². The van der Waals surface area contributed by atoms with Gasteiger partial charge in [0.25, 0.3) is 0 Å². The number of hydrogen-bond acceptors (Lipinski definition) is 5. The van der Waals surface area contributed by atoms with Crippen LogP contribution < -0.4 is 10.6 Å². The number of halogens is 2. The van der Waals surface area contributed by atoms with Crippen LogP contribution in [-0.4, -0.2) is 13.1 Å². The van der Waals surface area contributed by atoms with E-state index in [4.69, 9.17) is 32.2 Å². The van der Waals surface area contributed by atoms with Gasteiger partial charge in [0.05, 0.1) is 0 Å². The van der Waals surface area contributed by atoms with E-state index >= 15 is 0 Å². The largest absolute Gasteiger partial charge is 0.701 e. The highest BCUT2D eigenvalue weighted by molar-refractivity contribution is 7.33. The maximum atomic E-state index is 13.4. The van der Waals surface area contributed by atoms with Gasteiger partial charge in [0.2, 0.25) is 0 Å². The third-order valence-electron chi connectivity index (χ3n) is 8.48. The molecule has 46 heavy (non-hydrogen) atoms. The molecule has 0 aliphatic heterocycles. The topological polar surface area (TPSA) is 59.6 Å². The van der Waals surface area contributed by atoms with E-state index in [1.165, 1.54) is 103 Å². The minimum absolute atomic E-state index is 0.563. The molecular formula is C38H62Cl2N2O3P+. The van der Waals surface area contributed by atoms with Crippen LogP contribution in [0.3, 0.4) is 0 Å². The third kappa shape index (κ3) is 19.1. The lowest BCUT2D eigenvalue weighted by molar-refractivity contribution is 0.0972. The van der Waals surface area contributed by atoms with Gasteiger partial charge in [0, 0.05) is 25.7 Å². The molecule has 0 radical (unpaired) electrons. The Balaban J connectivity index is 1.84. The molecular weight excluding hydrogens is 634 g/mol. The second-order valence-electron chi connectivity index (χ2n) is 12.5. The molecule has 0 bridgehead atoms. The molecule has 2 rings (SSSR count). The molecule has 2 aromatic carbocycles. The Labute approximate surface area is 292 Å². The molecule has 0 amide bonds. The van der Waals surface area contributed by atoms with E-state index in [-0.39, 0.29) is 0 Å². The standard InChI is InChI=1S/C38H62Cl2N2O3P/c1-3-5-7-9-11-13-15-17-19-25-31-41-37(33-27-21-23-29-35(33)39)44-46(43)45-38(34-28-22-24-30-36(34)40)42-32-26-20-18-16-14-12-10-8-6-4-2/h21-24,27-30,37-38,41-42H,3-20,25-26,31-32H2,1-2H3/q+1. The smallest absolute Gasteiger partial charge is 0.284 e. The van der Waals surface area contributed by atoms with Gasteiger partial charge in [-0.3, -0.25) is 10.6 Å². The van der Waals surface area contributed by atoms with Crippen molar-refractivity contribution < 1.29 is 13.6 Å².